The first kappa shape index (κ1) is 20.4. The number of aromatic nitrogens is 3. The Hall–Kier alpha value is -2.84. The number of carbonyl (C=O) groups excluding carboxylic acids is 1. The summed E-state index contributed by atoms with van der Waals surface area (Å²) in [5.74, 6) is 1.63. The molecule has 0 radical (unpaired) electrons. The van der Waals surface area contributed by atoms with Gasteiger partial charge in [0.1, 0.15) is 10.6 Å². The molecular formula is C22H25N5O2S. The first-order chi connectivity index (χ1) is 14.7. The summed E-state index contributed by atoms with van der Waals surface area (Å²) in [6.45, 7) is 1.67. The molecule has 0 saturated carbocycles. The third-order valence-corrected chi connectivity index (χ3v) is 6.47. The van der Waals surface area contributed by atoms with Crippen molar-refractivity contribution in [3.63, 3.8) is 0 Å². The molecule has 1 fully saturated rings. The first-order valence-electron chi connectivity index (χ1n) is 10.0. The lowest BCUT2D eigenvalue weighted by atomic mass is 9.85. The van der Waals surface area contributed by atoms with E-state index in [1.807, 2.05) is 12.1 Å². The Kier molecular flexibility index (Phi) is 6.35. The molecule has 0 spiro atoms. The highest BCUT2D eigenvalue weighted by Gasteiger charge is 2.31. The molecule has 0 bridgehead atoms. The van der Waals surface area contributed by atoms with Crippen molar-refractivity contribution in [3.8, 4) is 16.6 Å². The fourth-order valence-electron chi connectivity index (χ4n) is 4.00. The maximum absolute atomic E-state index is 12.7. The van der Waals surface area contributed by atoms with Crippen LogP contribution < -0.4 is 10.1 Å². The van der Waals surface area contributed by atoms with E-state index in [0.29, 0.717) is 28.2 Å². The average molecular weight is 424 g/mol. The van der Waals surface area contributed by atoms with Gasteiger partial charge < -0.3 is 10.1 Å². The summed E-state index contributed by atoms with van der Waals surface area (Å²) in [6.07, 6.45) is 7.14. The molecule has 156 valence electrons. The number of amides is 1. The lowest BCUT2D eigenvalue weighted by Gasteiger charge is -2.39. The van der Waals surface area contributed by atoms with Crippen LogP contribution in [-0.4, -0.2) is 53.0 Å². The van der Waals surface area contributed by atoms with Crippen molar-refractivity contribution < 1.29 is 9.53 Å². The molecule has 2 unspecified atom stereocenters. The first-order valence-corrected chi connectivity index (χ1v) is 10.8. The summed E-state index contributed by atoms with van der Waals surface area (Å²) in [4.78, 5) is 28.4. The standard InChI is InChI=1S/C22H25N5O2S/c1-27-12-3-5-16(19(27)15-6-8-17(29-2)9-7-15)13-25-21(28)18-14-26-22(30-18)20-23-10-4-11-24-20/h4,6-11,14,16,19H,3,5,12-13H2,1-2H3,(H,25,28). The molecule has 1 N–H and O–H groups in total. The van der Waals surface area contributed by atoms with Crippen molar-refractivity contribution in [1.29, 1.82) is 0 Å². The van der Waals surface area contributed by atoms with Crippen LogP contribution in [0.4, 0.5) is 0 Å². The maximum atomic E-state index is 12.7. The lowest BCUT2D eigenvalue weighted by molar-refractivity contribution is 0.0895. The largest absolute Gasteiger partial charge is 0.497 e. The van der Waals surface area contributed by atoms with Crippen molar-refractivity contribution in [2.24, 2.45) is 5.92 Å². The van der Waals surface area contributed by atoms with Crippen LogP contribution in [0.3, 0.4) is 0 Å². The summed E-state index contributed by atoms with van der Waals surface area (Å²) in [7, 11) is 3.83. The van der Waals surface area contributed by atoms with Gasteiger partial charge in [-0.25, -0.2) is 15.0 Å². The Balaban J connectivity index is 1.43. The van der Waals surface area contributed by atoms with Gasteiger partial charge in [-0.1, -0.05) is 12.1 Å². The van der Waals surface area contributed by atoms with Crippen molar-refractivity contribution in [3.05, 3.63) is 59.4 Å². The number of carbonyl (C=O) groups is 1. The van der Waals surface area contributed by atoms with Gasteiger partial charge in [-0.2, -0.15) is 0 Å². The van der Waals surface area contributed by atoms with Gasteiger partial charge in [0, 0.05) is 25.0 Å². The van der Waals surface area contributed by atoms with E-state index in [9.17, 15) is 4.79 Å². The minimum Gasteiger partial charge on any atom is -0.497 e. The summed E-state index contributed by atoms with van der Waals surface area (Å²) in [5.41, 5.74) is 1.25. The number of ether oxygens (including phenoxy) is 1. The van der Waals surface area contributed by atoms with Crippen LogP contribution in [-0.2, 0) is 0 Å². The smallest absolute Gasteiger partial charge is 0.263 e. The molecule has 2 atom stereocenters. The minimum atomic E-state index is -0.101. The zero-order valence-corrected chi connectivity index (χ0v) is 17.9. The van der Waals surface area contributed by atoms with Crippen LogP contribution >= 0.6 is 11.3 Å². The van der Waals surface area contributed by atoms with E-state index in [-0.39, 0.29) is 11.9 Å². The second kappa shape index (κ2) is 9.32. The van der Waals surface area contributed by atoms with Crippen molar-refractivity contribution in [2.75, 3.05) is 27.2 Å². The van der Waals surface area contributed by atoms with Crippen LogP contribution in [0.1, 0.15) is 34.1 Å². The molecule has 1 aliphatic heterocycles. The second-order valence-corrected chi connectivity index (χ2v) is 8.44. The molecule has 3 heterocycles. The van der Waals surface area contributed by atoms with Crippen molar-refractivity contribution >= 4 is 17.2 Å². The topological polar surface area (TPSA) is 80.2 Å². The van der Waals surface area contributed by atoms with Crippen LogP contribution in [0.15, 0.2) is 48.9 Å². The molecule has 1 aromatic carbocycles. The SMILES string of the molecule is COc1ccc(C2C(CNC(=O)c3cnc(-c4ncccn4)s3)CCCN2C)cc1. The highest BCUT2D eigenvalue weighted by atomic mass is 32.1. The number of likely N-dealkylation sites (tertiary alicyclic amines) is 1. The van der Waals surface area contributed by atoms with Gasteiger partial charge in [0.05, 0.1) is 13.3 Å². The molecule has 7 nitrogen and oxygen atoms in total. The highest BCUT2D eigenvalue weighted by molar-refractivity contribution is 7.16. The van der Waals surface area contributed by atoms with E-state index in [1.54, 1.807) is 31.8 Å². The number of hydrogen-bond acceptors (Lipinski definition) is 7. The van der Waals surface area contributed by atoms with E-state index >= 15 is 0 Å². The summed E-state index contributed by atoms with van der Waals surface area (Å²) in [6, 6.07) is 10.3. The Bertz CT molecular complexity index is 977. The van der Waals surface area contributed by atoms with Crippen LogP contribution in [0.2, 0.25) is 0 Å². The molecule has 0 aliphatic carbocycles. The lowest BCUT2D eigenvalue weighted by Crippen LogP contribution is -2.41. The van der Waals surface area contributed by atoms with Crippen molar-refractivity contribution in [1.82, 2.24) is 25.2 Å². The van der Waals surface area contributed by atoms with Gasteiger partial charge >= 0.3 is 0 Å². The van der Waals surface area contributed by atoms with Crippen LogP contribution in [0, 0.1) is 5.92 Å². The fourth-order valence-corrected chi connectivity index (χ4v) is 4.78. The van der Waals surface area contributed by atoms with Gasteiger partial charge in [0.2, 0.25) is 0 Å². The predicted octanol–water partition coefficient (Wildman–Crippen LogP) is 3.42. The summed E-state index contributed by atoms with van der Waals surface area (Å²) >= 11 is 1.31. The number of hydrogen-bond donors (Lipinski definition) is 1. The monoisotopic (exact) mass is 423 g/mol. The van der Waals surface area contributed by atoms with Crippen LogP contribution in [0.25, 0.3) is 10.8 Å². The molecular weight excluding hydrogens is 398 g/mol. The normalized spacial score (nSPS) is 19.4. The van der Waals surface area contributed by atoms with Crippen LogP contribution in [0.5, 0.6) is 5.75 Å². The number of methoxy groups -OCH3 is 1. The van der Waals surface area contributed by atoms with E-state index in [1.165, 1.54) is 16.9 Å². The Labute approximate surface area is 180 Å². The van der Waals surface area contributed by atoms with Gasteiger partial charge in [-0.15, -0.1) is 11.3 Å². The van der Waals surface area contributed by atoms with E-state index in [0.717, 1.165) is 25.1 Å². The van der Waals surface area contributed by atoms with E-state index < -0.39 is 0 Å². The average Bonchev–Trinajstić information content (AvgIpc) is 3.29. The zero-order valence-electron chi connectivity index (χ0n) is 17.1. The van der Waals surface area contributed by atoms with Gasteiger partial charge in [-0.3, -0.25) is 9.69 Å². The molecule has 8 heteroatoms. The molecule has 2 aromatic heterocycles. The number of rotatable bonds is 6. The molecule has 1 amide bonds. The molecule has 4 rings (SSSR count). The van der Waals surface area contributed by atoms with Crippen molar-refractivity contribution in [2.45, 2.75) is 18.9 Å². The van der Waals surface area contributed by atoms with E-state index in [4.69, 9.17) is 4.74 Å². The fraction of sp³-hybridized carbons (Fsp3) is 0.364. The number of benzene rings is 1. The second-order valence-electron chi connectivity index (χ2n) is 7.41. The summed E-state index contributed by atoms with van der Waals surface area (Å²) in [5, 5.41) is 3.76. The van der Waals surface area contributed by atoms with Gasteiger partial charge in [0.15, 0.2) is 10.8 Å². The van der Waals surface area contributed by atoms with Gasteiger partial charge in [-0.05, 0) is 56.1 Å². The minimum absolute atomic E-state index is 0.101. The number of nitrogens with one attached hydrogen (secondary N) is 1. The molecule has 3 aromatic rings. The molecule has 1 aliphatic rings. The van der Waals surface area contributed by atoms with E-state index in [2.05, 4.69) is 44.3 Å². The zero-order chi connectivity index (χ0) is 20.9. The highest BCUT2D eigenvalue weighted by Crippen LogP contribution is 2.35. The summed E-state index contributed by atoms with van der Waals surface area (Å²) < 4.78 is 5.29. The Morgan fingerprint density at radius 3 is 2.73 bits per heavy atom. The maximum Gasteiger partial charge on any atom is 0.263 e. The number of nitrogens with zero attached hydrogens (tertiary/aromatic N) is 4. The molecule has 30 heavy (non-hydrogen) atoms. The third kappa shape index (κ3) is 4.49. The van der Waals surface area contributed by atoms with Gasteiger partial charge in [0.25, 0.3) is 5.91 Å². The quantitative estimate of drug-likeness (QED) is 0.654. The number of thiazole rings is 1. The Morgan fingerprint density at radius 2 is 2.00 bits per heavy atom. The molecule has 1 saturated heterocycles. The predicted molar refractivity (Wildman–Crippen MR) is 117 cm³/mol. The third-order valence-electron chi connectivity index (χ3n) is 5.48. The Morgan fingerprint density at radius 1 is 1.23 bits per heavy atom. The number of piperidine rings is 1.